The number of rotatable bonds is 3. The largest absolute Gasteiger partial charge is 0.461 e. The van der Waals surface area contributed by atoms with Gasteiger partial charge in [0.1, 0.15) is 16.7 Å². The van der Waals surface area contributed by atoms with Crippen LogP contribution in [0, 0.1) is 5.82 Å². The van der Waals surface area contributed by atoms with Gasteiger partial charge in [0.2, 0.25) is 0 Å². The van der Waals surface area contributed by atoms with E-state index in [0.717, 1.165) is 0 Å². The summed E-state index contributed by atoms with van der Waals surface area (Å²) in [5.74, 6) is -0.930. The van der Waals surface area contributed by atoms with Crippen molar-refractivity contribution >= 4 is 29.0 Å². The van der Waals surface area contributed by atoms with Crippen molar-refractivity contribution in [3.63, 3.8) is 0 Å². The topological polar surface area (TPSA) is 82.5 Å². The van der Waals surface area contributed by atoms with Gasteiger partial charge in [-0.1, -0.05) is 23.7 Å². The molecule has 0 saturated heterocycles. The maximum absolute atomic E-state index is 13.4. The highest BCUT2D eigenvalue weighted by atomic mass is 35.5. The number of imidazole rings is 1. The van der Waals surface area contributed by atoms with Gasteiger partial charge in [0.15, 0.2) is 17.2 Å². The van der Waals surface area contributed by atoms with Gasteiger partial charge in [0, 0.05) is 11.8 Å². The molecule has 0 aliphatic carbocycles. The molecule has 0 aliphatic rings. The summed E-state index contributed by atoms with van der Waals surface area (Å²) in [6.07, 6.45) is 1.41. The van der Waals surface area contributed by atoms with Crippen LogP contribution in [0.4, 0.5) is 10.2 Å². The second-order valence-electron chi connectivity index (χ2n) is 4.69. The number of fused-ring (bicyclic) bond motifs is 1. The lowest BCUT2D eigenvalue weighted by Crippen LogP contribution is -2.04. The predicted molar refractivity (Wildman–Crippen MR) is 83.8 cm³/mol. The summed E-state index contributed by atoms with van der Waals surface area (Å²) in [5.41, 5.74) is 6.96. The molecule has 2 aromatic heterocycles. The number of hydrogen-bond acceptors (Lipinski definition) is 5. The van der Waals surface area contributed by atoms with E-state index in [1.165, 1.54) is 22.7 Å². The zero-order chi connectivity index (χ0) is 16.6. The van der Waals surface area contributed by atoms with E-state index in [1.807, 2.05) is 0 Å². The van der Waals surface area contributed by atoms with Crippen molar-refractivity contribution in [2.75, 3.05) is 12.3 Å². The fourth-order valence-corrected chi connectivity index (χ4v) is 2.44. The second-order valence-corrected chi connectivity index (χ2v) is 5.05. The molecule has 8 heteroatoms. The maximum Gasteiger partial charge on any atom is 0.358 e. The van der Waals surface area contributed by atoms with Gasteiger partial charge in [0.25, 0.3) is 0 Å². The number of anilines is 1. The van der Waals surface area contributed by atoms with Crippen LogP contribution in [0.1, 0.15) is 17.4 Å². The number of halogens is 2. The first kappa shape index (κ1) is 15.2. The number of benzene rings is 1. The van der Waals surface area contributed by atoms with E-state index in [0.29, 0.717) is 11.3 Å². The molecule has 1 aromatic carbocycles. The Morgan fingerprint density at radius 1 is 1.43 bits per heavy atom. The standard InChI is InChI=1S/C15H12ClFN4O2/c1-2-23-15(22)10-7-21-12(16)11(20-13(18)14(21)19-10)8-4-3-5-9(17)6-8/h3-7H,2H2,1H3,(H2,18,20). The van der Waals surface area contributed by atoms with E-state index in [9.17, 15) is 9.18 Å². The van der Waals surface area contributed by atoms with E-state index in [-0.39, 0.29) is 28.9 Å². The van der Waals surface area contributed by atoms with Gasteiger partial charge in [-0.2, -0.15) is 0 Å². The van der Waals surface area contributed by atoms with Gasteiger partial charge >= 0.3 is 5.97 Å². The van der Waals surface area contributed by atoms with Gasteiger partial charge in [0.05, 0.1) is 6.61 Å². The Morgan fingerprint density at radius 3 is 2.91 bits per heavy atom. The van der Waals surface area contributed by atoms with Crippen LogP contribution in [0.2, 0.25) is 5.15 Å². The van der Waals surface area contributed by atoms with Crippen LogP contribution < -0.4 is 5.73 Å². The SMILES string of the molecule is CCOC(=O)c1cn2c(Cl)c(-c3cccc(F)c3)nc(N)c2n1. The van der Waals surface area contributed by atoms with Crippen molar-refractivity contribution in [3.05, 3.63) is 47.1 Å². The minimum absolute atomic E-state index is 0.0682. The minimum atomic E-state index is -0.584. The highest BCUT2D eigenvalue weighted by Crippen LogP contribution is 2.29. The summed E-state index contributed by atoms with van der Waals surface area (Å²) in [5, 5.41) is 0.169. The number of esters is 1. The fourth-order valence-electron chi connectivity index (χ4n) is 2.16. The molecule has 0 radical (unpaired) electrons. The smallest absolute Gasteiger partial charge is 0.358 e. The van der Waals surface area contributed by atoms with E-state index < -0.39 is 11.8 Å². The molecule has 0 aliphatic heterocycles. The van der Waals surface area contributed by atoms with Crippen molar-refractivity contribution in [2.45, 2.75) is 6.92 Å². The Morgan fingerprint density at radius 2 is 2.22 bits per heavy atom. The summed E-state index contributed by atoms with van der Waals surface area (Å²) in [4.78, 5) is 20.0. The molecular formula is C15H12ClFN4O2. The quantitative estimate of drug-likeness (QED) is 0.745. The predicted octanol–water partition coefficient (Wildman–Crippen LogP) is 2.95. The summed E-state index contributed by atoms with van der Waals surface area (Å²) in [6, 6.07) is 5.81. The summed E-state index contributed by atoms with van der Waals surface area (Å²) < 4.78 is 19.7. The van der Waals surface area contributed by atoms with E-state index in [1.54, 1.807) is 19.1 Å². The summed E-state index contributed by atoms with van der Waals surface area (Å²) in [6.45, 7) is 1.92. The van der Waals surface area contributed by atoms with Gasteiger partial charge in [-0.25, -0.2) is 19.2 Å². The first-order valence-corrected chi connectivity index (χ1v) is 7.16. The number of hydrogen-bond donors (Lipinski definition) is 1. The number of nitrogens with zero attached hydrogens (tertiary/aromatic N) is 3. The molecule has 0 saturated carbocycles. The second kappa shape index (κ2) is 5.85. The van der Waals surface area contributed by atoms with Crippen LogP contribution in [0.15, 0.2) is 30.5 Å². The molecule has 3 aromatic rings. The van der Waals surface area contributed by atoms with Gasteiger partial charge in [-0.3, -0.25) is 4.40 Å². The summed E-state index contributed by atoms with van der Waals surface area (Å²) >= 11 is 6.33. The molecule has 0 fully saturated rings. The zero-order valence-corrected chi connectivity index (χ0v) is 12.8. The first-order valence-electron chi connectivity index (χ1n) is 6.78. The number of nitrogens with two attached hydrogens (primary N) is 1. The Labute approximate surface area is 135 Å². The number of carbonyl (C=O) groups excluding carboxylic acids is 1. The number of carbonyl (C=O) groups is 1. The normalized spacial score (nSPS) is 10.9. The lowest BCUT2D eigenvalue weighted by atomic mass is 10.1. The van der Waals surface area contributed by atoms with Gasteiger partial charge in [-0.05, 0) is 19.1 Å². The van der Waals surface area contributed by atoms with Crippen LogP contribution >= 0.6 is 11.6 Å². The molecule has 23 heavy (non-hydrogen) atoms. The minimum Gasteiger partial charge on any atom is -0.461 e. The number of aromatic nitrogens is 3. The average Bonchev–Trinajstić information content (AvgIpc) is 2.97. The van der Waals surface area contributed by atoms with Crippen LogP contribution in [0.3, 0.4) is 0 Å². The van der Waals surface area contributed by atoms with Crippen molar-refractivity contribution in [2.24, 2.45) is 0 Å². The highest BCUT2D eigenvalue weighted by molar-refractivity contribution is 6.32. The Hall–Kier alpha value is -2.67. The first-order chi connectivity index (χ1) is 11.0. The molecule has 0 unspecified atom stereocenters. The molecule has 0 spiro atoms. The maximum atomic E-state index is 13.4. The van der Waals surface area contributed by atoms with Gasteiger partial charge < -0.3 is 10.5 Å². The van der Waals surface area contributed by atoms with Crippen LogP contribution in [0.5, 0.6) is 0 Å². The third-order valence-electron chi connectivity index (χ3n) is 3.16. The fraction of sp³-hybridized carbons (Fsp3) is 0.133. The van der Waals surface area contributed by atoms with E-state index >= 15 is 0 Å². The Kier molecular flexibility index (Phi) is 3.87. The van der Waals surface area contributed by atoms with Crippen LogP contribution in [-0.4, -0.2) is 26.9 Å². The highest BCUT2D eigenvalue weighted by Gasteiger charge is 2.19. The van der Waals surface area contributed by atoms with Crippen molar-refractivity contribution in [3.8, 4) is 11.3 Å². The molecule has 118 valence electrons. The molecular weight excluding hydrogens is 323 g/mol. The molecule has 2 heterocycles. The molecule has 0 bridgehead atoms. The Bertz CT molecular complexity index is 910. The molecule has 0 amide bonds. The molecule has 2 N–H and O–H groups in total. The van der Waals surface area contributed by atoms with Gasteiger partial charge in [-0.15, -0.1) is 0 Å². The van der Waals surface area contributed by atoms with Crippen molar-refractivity contribution < 1.29 is 13.9 Å². The molecule has 0 atom stereocenters. The van der Waals surface area contributed by atoms with Crippen molar-refractivity contribution in [1.82, 2.24) is 14.4 Å². The molecule has 6 nitrogen and oxygen atoms in total. The Balaban J connectivity index is 2.19. The third kappa shape index (κ3) is 2.70. The molecule has 3 rings (SSSR count). The number of ether oxygens (including phenoxy) is 1. The van der Waals surface area contributed by atoms with Crippen molar-refractivity contribution in [1.29, 1.82) is 0 Å². The van der Waals surface area contributed by atoms with Crippen LogP contribution in [0.25, 0.3) is 16.9 Å². The lowest BCUT2D eigenvalue weighted by Gasteiger charge is -2.07. The van der Waals surface area contributed by atoms with Crippen LogP contribution in [-0.2, 0) is 4.74 Å². The monoisotopic (exact) mass is 334 g/mol. The third-order valence-corrected chi connectivity index (χ3v) is 3.52. The lowest BCUT2D eigenvalue weighted by molar-refractivity contribution is 0.0520. The average molecular weight is 335 g/mol. The summed E-state index contributed by atoms with van der Waals surface area (Å²) in [7, 11) is 0. The number of nitrogen functional groups attached to an aromatic ring is 1. The van der Waals surface area contributed by atoms with E-state index in [4.69, 9.17) is 22.1 Å². The van der Waals surface area contributed by atoms with E-state index in [2.05, 4.69) is 9.97 Å². The zero-order valence-electron chi connectivity index (χ0n) is 12.1.